The van der Waals surface area contributed by atoms with Crippen molar-refractivity contribution < 1.29 is 4.79 Å². The van der Waals surface area contributed by atoms with Crippen molar-refractivity contribution in [2.24, 2.45) is 5.73 Å². The summed E-state index contributed by atoms with van der Waals surface area (Å²) in [5.41, 5.74) is 13.2. The highest BCUT2D eigenvalue weighted by Gasteiger charge is 2.13. The van der Waals surface area contributed by atoms with Crippen LogP contribution in [0.1, 0.15) is 5.56 Å². The molecule has 0 aliphatic heterocycles. The standard InChI is InChI=1S/C15H17N3O/c16-14(11-12-7-3-1-4-8-12)15(19)18-17-13-9-5-2-6-10-13/h1-10,14,17H,11,16H2,(H,18,19). The fourth-order valence-electron chi connectivity index (χ4n) is 1.71. The molecule has 4 N–H and O–H groups in total. The van der Waals surface area contributed by atoms with Crippen LogP contribution in [-0.2, 0) is 11.2 Å². The third kappa shape index (κ3) is 4.12. The zero-order valence-electron chi connectivity index (χ0n) is 10.5. The van der Waals surface area contributed by atoms with Gasteiger partial charge in [-0.3, -0.25) is 15.6 Å². The SMILES string of the molecule is NC(Cc1ccccc1)C(=O)NNc1ccccc1. The molecule has 1 amide bonds. The highest BCUT2D eigenvalue weighted by atomic mass is 16.2. The number of amides is 1. The largest absolute Gasteiger partial charge is 0.320 e. The molecule has 1 atom stereocenters. The fourth-order valence-corrected chi connectivity index (χ4v) is 1.71. The van der Waals surface area contributed by atoms with Gasteiger partial charge >= 0.3 is 0 Å². The molecule has 0 saturated carbocycles. The molecule has 0 aromatic heterocycles. The Morgan fingerprint density at radius 1 is 1.00 bits per heavy atom. The lowest BCUT2D eigenvalue weighted by Gasteiger charge is -2.13. The third-order valence-electron chi connectivity index (χ3n) is 2.74. The summed E-state index contributed by atoms with van der Waals surface area (Å²) in [4.78, 5) is 11.8. The number of rotatable bonds is 5. The van der Waals surface area contributed by atoms with Crippen molar-refractivity contribution in [1.29, 1.82) is 0 Å². The Bertz CT molecular complexity index is 513. The Kier molecular flexibility index (Phi) is 4.53. The molecule has 4 heteroatoms. The van der Waals surface area contributed by atoms with Gasteiger partial charge in [-0.1, -0.05) is 48.5 Å². The highest BCUT2D eigenvalue weighted by Crippen LogP contribution is 2.04. The van der Waals surface area contributed by atoms with Crippen LogP contribution in [0.25, 0.3) is 0 Å². The van der Waals surface area contributed by atoms with E-state index in [2.05, 4.69) is 10.9 Å². The van der Waals surface area contributed by atoms with Crippen LogP contribution in [0.15, 0.2) is 60.7 Å². The molecule has 98 valence electrons. The lowest BCUT2D eigenvalue weighted by atomic mass is 10.1. The lowest BCUT2D eigenvalue weighted by Crippen LogP contribution is -2.44. The first kappa shape index (κ1) is 13.1. The minimum absolute atomic E-state index is 0.229. The molecule has 0 saturated heterocycles. The molecule has 2 rings (SSSR count). The maximum absolute atomic E-state index is 11.8. The van der Waals surface area contributed by atoms with Crippen LogP contribution < -0.4 is 16.6 Å². The van der Waals surface area contributed by atoms with E-state index in [1.54, 1.807) is 0 Å². The molecule has 1 unspecified atom stereocenters. The Hall–Kier alpha value is -2.33. The van der Waals surface area contributed by atoms with Crippen LogP contribution in [-0.4, -0.2) is 11.9 Å². The van der Waals surface area contributed by atoms with Crippen LogP contribution >= 0.6 is 0 Å². The Balaban J connectivity index is 1.83. The van der Waals surface area contributed by atoms with Gasteiger partial charge in [0.1, 0.15) is 0 Å². The Morgan fingerprint density at radius 2 is 1.58 bits per heavy atom. The summed E-state index contributed by atoms with van der Waals surface area (Å²) in [5.74, 6) is -0.229. The van der Waals surface area contributed by atoms with Crippen LogP contribution in [0.2, 0.25) is 0 Å². The molecule has 0 radical (unpaired) electrons. The molecule has 0 bridgehead atoms. The summed E-state index contributed by atoms with van der Waals surface area (Å²) < 4.78 is 0. The molecule has 0 aliphatic rings. The Labute approximate surface area is 112 Å². The van der Waals surface area contributed by atoms with E-state index in [1.807, 2.05) is 60.7 Å². The lowest BCUT2D eigenvalue weighted by molar-refractivity contribution is -0.121. The first-order valence-electron chi connectivity index (χ1n) is 6.16. The molecular weight excluding hydrogens is 238 g/mol. The molecule has 2 aromatic carbocycles. The monoisotopic (exact) mass is 255 g/mol. The number of hydrogen-bond acceptors (Lipinski definition) is 3. The number of hydrazine groups is 1. The first-order chi connectivity index (χ1) is 9.25. The predicted octanol–water partition coefficient (Wildman–Crippen LogP) is 1.70. The van der Waals surface area contributed by atoms with E-state index >= 15 is 0 Å². The average molecular weight is 255 g/mol. The van der Waals surface area contributed by atoms with Gasteiger partial charge in [0.25, 0.3) is 5.91 Å². The van der Waals surface area contributed by atoms with E-state index in [-0.39, 0.29) is 5.91 Å². The maximum atomic E-state index is 11.8. The Morgan fingerprint density at radius 3 is 2.21 bits per heavy atom. The molecule has 0 spiro atoms. The summed E-state index contributed by atoms with van der Waals surface area (Å²) in [6.45, 7) is 0. The smallest absolute Gasteiger partial charge is 0.255 e. The van der Waals surface area contributed by atoms with Gasteiger partial charge in [0.2, 0.25) is 0 Å². The van der Waals surface area contributed by atoms with Gasteiger partial charge in [-0.2, -0.15) is 0 Å². The van der Waals surface area contributed by atoms with E-state index < -0.39 is 6.04 Å². The zero-order valence-corrected chi connectivity index (χ0v) is 10.5. The number of carbonyl (C=O) groups is 1. The molecule has 19 heavy (non-hydrogen) atoms. The zero-order chi connectivity index (χ0) is 13.5. The summed E-state index contributed by atoms with van der Waals surface area (Å²) in [7, 11) is 0. The van der Waals surface area contributed by atoms with E-state index in [0.717, 1.165) is 11.3 Å². The highest BCUT2D eigenvalue weighted by molar-refractivity contribution is 5.82. The second kappa shape index (κ2) is 6.56. The van der Waals surface area contributed by atoms with Gasteiger partial charge in [-0.15, -0.1) is 0 Å². The number of anilines is 1. The number of carbonyl (C=O) groups excluding carboxylic acids is 1. The van der Waals surface area contributed by atoms with Crippen LogP contribution in [0.5, 0.6) is 0 Å². The van der Waals surface area contributed by atoms with Gasteiger partial charge < -0.3 is 5.73 Å². The summed E-state index contributed by atoms with van der Waals surface area (Å²) in [6, 6.07) is 18.6. The van der Waals surface area contributed by atoms with E-state index in [4.69, 9.17) is 5.73 Å². The molecule has 4 nitrogen and oxygen atoms in total. The van der Waals surface area contributed by atoms with Gasteiger partial charge in [-0.25, -0.2) is 0 Å². The van der Waals surface area contributed by atoms with Crippen molar-refractivity contribution in [3.05, 3.63) is 66.2 Å². The van der Waals surface area contributed by atoms with Crippen molar-refractivity contribution >= 4 is 11.6 Å². The van der Waals surface area contributed by atoms with Crippen molar-refractivity contribution in [2.75, 3.05) is 5.43 Å². The van der Waals surface area contributed by atoms with Gasteiger partial charge in [-0.05, 0) is 24.1 Å². The summed E-state index contributed by atoms with van der Waals surface area (Å²) >= 11 is 0. The van der Waals surface area contributed by atoms with E-state index in [9.17, 15) is 4.79 Å². The van der Waals surface area contributed by atoms with Crippen molar-refractivity contribution in [3.8, 4) is 0 Å². The second-order valence-corrected chi connectivity index (χ2v) is 4.28. The van der Waals surface area contributed by atoms with Crippen LogP contribution in [0.4, 0.5) is 5.69 Å². The van der Waals surface area contributed by atoms with Gasteiger partial charge in [0.15, 0.2) is 0 Å². The summed E-state index contributed by atoms with van der Waals surface area (Å²) in [5, 5.41) is 0. The second-order valence-electron chi connectivity index (χ2n) is 4.28. The first-order valence-corrected chi connectivity index (χ1v) is 6.16. The van der Waals surface area contributed by atoms with E-state index in [0.29, 0.717) is 6.42 Å². The van der Waals surface area contributed by atoms with Crippen LogP contribution in [0.3, 0.4) is 0 Å². The topological polar surface area (TPSA) is 67.2 Å². The molecule has 0 aliphatic carbocycles. The van der Waals surface area contributed by atoms with Crippen molar-refractivity contribution in [3.63, 3.8) is 0 Å². The van der Waals surface area contributed by atoms with Crippen LogP contribution in [0, 0.1) is 0 Å². The van der Waals surface area contributed by atoms with Gasteiger partial charge in [0.05, 0.1) is 11.7 Å². The normalized spacial score (nSPS) is 11.6. The number of hydrogen-bond donors (Lipinski definition) is 3. The van der Waals surface area contributed by atoms with Crippen molar-refractivity contribution in [1.82, 2.24) is 5.43 Å². The van der Waals surface area contributed by atoms with Crippen molar-refractivity contribution in [2.45, 2.75) is 12.5 Å². The number of para-hydroxylation sites is 1. The van der Waals surface area contributed by atoms with E-state index in [1.165, 1.54) is 0 Å². The number of nitrogens with two attached hydrogens (primary N) is 1. The predicted molar refractivity (Wildman–Crippen MR) is 76.3 cm³/mol. The average Bonchev–Trinajstić information content (AvgIpc) is 2.47. The van der Waals surface area contributed by atoms with Gasteiger partial charge in [0, 0.05) is 0 Å². The third-order valence-corrected chi connectivity index (χ3v) is 2.74. The maximum Gasteiger partial charge on any atom is 0.255 e. The molecule has 2 aromatic rings. The fraction of sp³-hybridized carbons (Fsp3) is 0.133. The molecule has 0 heterocycles. The molecule has 0 fully saturated rings. The summed E-state index contributed by atoms with van der Waals surface area (Å²) in [6.07, 6.45) is 0.517. The minimum Gasteiger partial charge on any atom is -0.320 e. The number of benzene rings is 2. The minimum atomic E-state index is -0.571. The quantitative estimate of drug-likeness (QED) is 0.712. The molecular formula is C15H17N3O. The number of nitrogens with one attached hydrogen (secondary N) is 2.